The number of nitriles is 1. The summed E-state index contributed by atoms with van der Waals surface area (Å²) < 4.78 is 13.4. The van der Waals surface area contributed by atoms with Crippen molar-refractivity contribution in [3.63, 3.8) is 0 Å². The maximum Gasteiger partial charge on any atom is 0.156 e. The molecule has 0 saturated carbocycles. The fourth-order valence-corrected chi connectivity index (χ4v) is 4.23. The van der Waals surface area contributed by atoms with Crippen LogP contribution in [0.15, 0.2) is 89.1 Å². The molecule has 3 aromatic carbocycles. The van der Waals surface area contributed by atoms with E-state index in [2.05, 4.69) is 13.0 Å². The summed E-state index contributed by atoms with van der Waals surface area (Å²) in [6.07, 6.45) is 1.36. The molecule has 0 saturated heterocycles. The fourth-order valence-electron chi connectivity index (χ4n) is 4.23. The number of anilines is 1. The number of aliphatic hydroxyl groups is 1. The van der Waals surface area contributed by atoms with Gasteiger partial charge in [0.2, 0.25) is 0 Å². The van der Waals surface area contributed by atoms with Gasteiger partial charge in [-0.05, 0) is 66.8 Å². The first kappa shape index (κ1) is 22.4. The standard InChI is InChI=1S/C28H26FN3O/c1-3-6-27-26(28(33)32(19(2)31-27)24-15-13-23(29)14-16-24)17-20-9-11-21(12-10-20)25-8-5-4-7-22(25)18-30/h4-5,7-16,28,33H,3,6,17H2,1-2H3. The number of nitrogens with zero attached hydrogens (tertiary/aromatic N) is 3. The Bertz CT molecular complexity index is 1240. The second-order valence-corrected chi connectivity index (χ2v) is 8.13. The van der Waals surface area contributed by atoms with Gasteiger partial charge in [-0.25, -0.2) is 9.38 Å². The Labute approximate surface area is 194 Å². The summed E-state index contributed by atoms with van der Waals surface area (Å²) in [6.45, 7) is 3.95. The van der Waals surface area contributed by atoms with Crippen molar-refractivity contribution in [3.05, 3.63) is 101 Å². The van der Waals surface area contributed by atoms with E-state index in [1.54, 1.807) is 17.0 Å². The molecule has 166 valence electrons. The van der Waals surface area contributed by atoms with E-state index in [4.69, 9.17) is 4.99 Å². The number of rotatable bonds is 6. The molecule has 3 aromatic rings. The smallest absolute Gasteiger partial charge is 0.156 e. The lowest BCUT2D eigenvalue weighted by Crippen LogP contribution is -2.43. The molecule has 0 aromatic heterocycles. The number of allylic oxidation sites excluding steroid dienone is 1. The van der Waals surface area contributed by atoms with E-state index in [1.807, 2.05) is 55.5 Å². The largest absolute Gasteiger partial charge is 0.369 e. The molecular formula is C28H26FN3O. The van der Waals surface area contributed by atoms with Crippen LogP contribution in [-0.2, 0) is 6.42 Å². The maximum absolute atomic E-state index is 13.4. The number of amidine groups is 1. The SMILES string of the molecule is CCCC1=C(Cc2ccc(-c3ccccc3C#N)cc2)C(O)N(c2ccc(F)cc2)C(C)=N1. The van der Waals surface area contributed by atoms with Crippen LogP contribution < -0.4 is 4.90 Å². The van der Waals surface area contributed by atoms with Crippen molar-refractivity contribution in [2.45, 2.75) is 39.3 Å². The fraction of sp³-hybridized carbons (Fsp3) is 0.214. The lowest BCUT2D eigenvalue weighted by molar-refractivity contribution is 0.213. The molecule has 1 aliphatic heterocycles. The molecular weight excluding hydrogens is 413 g/mol. The van der Waals surface area contributed by atoms with Crippen LogP contribution in [-0.4, -0.2) is 17.2 Å². The van der Waals surface area contributed by atoms with Gasteiger partial charge in [0.1, 0.15) is 11.7 Å². The number of benzene rings is 3. The van der Waals surface area contributed by atoms with Crippen LogP contribution in [0.5, 0.6) is 0 Å². The number of hydrogen-bond acceptors (Lipinski definition) is 4. The summed E-state index contributed by atoms with van der Waals surface area (Å²) in [5.41, 5.74) is 6.01. The van der Waals surface area contributed by atoms with Crippen molar-refractivity contribution >= 4 is 11.5 Å². The molecule has 1 N–H and O–H groups in total. The first-order valence-corrected chi connectivity index (χ1v) is 11.1. The Morgan fingerprint density at radius 1 is 1.03 bits per heavy atom. The molecule has 0 spiro atoms. The average Bonchev–Trinajstić information content (AvgIpc) is 2.83. The van der Waals surface area contributed by atoms with E-state index < -0.39 is 6.23 Å². The molecule has 0 fully saturated rings. The van der Waals surface area contributed by atoms with E-state index in [0.29, 0.717) is 23.5 Å². The van der Waals surface area contributed by atoms with Gasteiger partial charge in [-0.2, -0.15) is 5.26 Å². The summed E-state index contributed by atoms with van der Waals surface area (Å²) in [6, 6.07) is 23.9. The summed E-state index contributed by atoms with van der Waals surface area (Å²) in [4.78, 5) is 6.54. The first-order valence-electron chi connectivity index (χ1n) is 11.1. The molecule has 4 nitrogen and oxygen atoms in total. The number of halogens is 1. The Morgan fingerprint density at radius 3 is 2.39 bits per heavy atom. The minimum absolute atomic E-state index is 0.319. The van der Waals surface area contributed by atoms with Crippen LogP contribution in [0.2, 0.25) is 0 Å². The van der Waals surface area contributed by atoms with Crippen molar-refractivity contribution in [3.8, 4) is 17.2 Å². The minimum Gasteiger partial charge on any atom is -0.369 e. The Kier molecular flexibility index (Phi) is 6.67. The van der Waals surface area contributed by atoms with Crippen LogP contribution in [0.4, 0.5) is 10.1 Å². The van der Waals surface area contributed by atoms with Crippen LogP contribution in [0.1, 0.15) is 37.8 Å². The van der Waals surface area contributed by atoms with Crippen molar-refractivity contribution in [1.82, 2.24) is 0 Å². The van der Waals surface area contributed by atoms with Crippen LogP contribution >= 0.6 is 0 Å². The number of hydrogen-bond donors (Lipinski definition) is 1. The molecule has 0 amide bonds. The zero-order valence-electron chi connectivity index (χ0n) is 18.8. The zero-order valence-corrected chi connectivity index (χ0v) is 18.8. The monoisotopic (exact) mass is 439 g/mol. The lowest BCUT2D eigenvalue weighted by Gasteiger charge is -2.36. The Balaban J connectivity index is 1.65. The zero-order chi connectivity index (χ0) is 23.4. The quantitative estimate of drug-likeness (QED) is 0.496. The van der Waals surface area contributed by atoms with Crippen molar-refractivity contribution in [1.29, 1.82) is 5.26 Å². The molecule has 0 radical (unpaired) electrons. The van der Waals surface area contributed by atoms with Gasteiger partial charge in [-0.1, -0.05) is 55.8 Å². The highest BCUT2D eigenvalue weighted by Gasteiger charge is 2.29. The molecule has 1 atom stereocenters. The van der Waals surface area contributed by atoms with Crippen molar-refractivity contribution in [2.24, 2.45) is 4.99 Å². The van der Waals surface area contributed by atoms with Crippen LogP contribution in [0, 0.1) is 17.1 Å². The van der Waals surface area contributed by atoms with E-state index >= 15 is 0 Å². The average molecular weight is 440 g/mol. The first-order chi connectivity index (χ1) is 16.0. The topological polar surface area (TPSA) is 59.6 Å². The third-order valence-electron chi connectivity index (χ3n) is 5.87. The molecule has 5 heteroatoms. The van der Waals surface area contributed by atoms with Gasteiger partial charge in [0, 0.05) is 17.0 Å². The molecule has 1 aliphatic rings. The van der Waals surface area contributed by atoms with E-state index in [0.717, 1.165) is 40.8 Å². The predicted octanol–water partition coefficient (Wildman–Crippen LogP) is 6.22. The normalized spacial score (nSPS) is 15.9. The molecule has 0 aliphatic carbocycles. The maximum atomic E-state index is 13.4. The predicted molar refractivity (Wildman–Crippen MR) is 130 cm³/mol. The number of aliphatic hydroxyl groups excluding tert-OH is 1. The molecule has 0 bridgehead atoms. The summed E-state index contributed by atoms with van der Waals surface area (Å²) in [5.74, 6) is 0.366. The van der Waals surface area contributed by atoms with E-state index in [-0.39, 0.29) is 5.82 Å². The highest BCUT2D eigenvalue weighted by molar-refractivity contribution is 5.98. The molecule has 1 heterocycles. The number of aliphatic imine (C=N–C) groups is 1. The van der Waals surface area contributed by atoms with Crippen LogP contribution in [0.25, 0.3) is 11.1 Å². The van der Waals surface area contributed by atoms with E-state index in [9.17, 15) is 14.8 Å². The Hall–Kier alpha value is -3.75. The minimum atomic E-state index is -0.881. The highest BCUT2D eigenvalue weighted by Crippen LogP contribution is 2.32. The lowest BCUT2D eigenvalue weighted by atomic mass is 9.95. The van der Waals surface area contributed by atoms with Gasteiger partial charge in [0.05, 0.1) is 11.6 Å². The van der Waals surface area contributed by atoms with Crippen molar-refractivity contribution in [2.75, 3.05) is 4.90 Å². The van der Waals surface area contributed by atoms with Gasteiger partial charge >= 0.3 is 0 Å². The van der Waals surface area contributed by atoms with Gasteiger partial charge in [0.15, 0.2) is 6.23 Å². The third kappa shape index (κ3) is 4.72. The van der Waals surface area contributed by atoms with E-state index in [1.165, 1.54) is 12.1 Å². The molecule has 1 unspecified atom stereocenters. The second kappa shape index (κ2) is 9.81. The summed E-state index contributed by atoms with van der Waals surface area (Å²) in [7, 11) is 0. The summed E-state index contributed by atoms with van der Waals surface area (Å²) >= 11 is 0. The molecule has 33 heavy (non-hydrogen) atoms. The van der Waals surface area contributed by atoms with Crippen LogP contribution in [0.3, 0.4) is 0 Å². The van der Waals surface area contributed by atoms with Crippen molar-refractivity contribution < 1.29 is 9.50 Å². The summed E-state index contributed by atoms with van der Waals surface area (Å²) in [5, 5.41) is 20.7. The molecule has 4 rings (SSSR count). The third-order valence-corrected chi connectivity index (χ3v) is 5.87. The highest BCUT2D eigenvalue weighted by atomic mass is 19.1. The second-order valence-electron chi connectivity index (χ2n) is 8.13. The van der Waals surface area contributed by atoms with Gasteiger partial charge < -0.3 is 5.11 Å². The van der Waals surface area contributed by atoms with Gasteiger partial charge in [-0.3, -0.25) is 4.90 Å². The van der Waals surface area contributed by atoms with Gasteiger partial charge in [0.25, 0.3) is 0 Å². The Morgan fingerprint density at radius 2 is 1.73 bits per heavy atom. The van der Waals surface area contributed by atoms with Gasteiger partial charge in [-0.15, -0.1) is 0 Å².